The summed E-state index contributed by atoms with van der Waals surface area (Å²) in [4.78, 5) is 24.6. The molecule has 6 heteroatoms. The van der Waals surface area contributed by atoms with Gasteiger partial charge in [-0.15, -0.1) is 0 Å². The molecule has 0 heterocycles. The van der Waals surface area contributed by atoms with Crippen LogP contribution in [0.5, 0.6) is 0 Å². The molecule has 0 radical (unpaired) electrons. The van der Waals surface area contributed by atoms with Crippen LogP contribution in [0.25, 0.3) is 0 Å². The van der Waals surface area contributed by atoms with Gasteiger partial charge < -0.3 is 20.3 Å². The molecule has 0 aliphatic rings. The zero-order valence-corrected chi connectivity index (χ0v) is 56.0. The van der Waals surface area contributed by atoms with Gasteiger partial charge in [-0.25, -0.2) is 0 Å². The predicted molar refractivity (Wildman–Crippen MR) is 361 cm³/mol. The minimum atomic E-state index is -0.662. The van der Waals surface area contributed by atoms with Gasteiger partial charge in [0.05, 0.1) is 25.4 Å². The molecule has 0 aromatic rings. The van der Waals surface area contributed by atoms with Crippen LogP contribution >= 0.6 is 0 Å². The number of nitrogens with one attached hydrogen (secondary N) is 1. The molecular weight excluding hydrogens is 1010 g/mol. The van der Waals surface area contributed by atoms with E-state index in [2.05, 4.69) is 31.3 Å². The second-order valence-corrected chi connectivity index (χ2v) is 26.3. The summed E-state index contributed by atoms with van der Waals surface area (Å²) in [7, 11) is 0. The molecule has 0 bridgehead atoms. The van der Waals surface area contributed by atoms with Gasteiger partial charge in [-0.2, -0.15) is 0 Å². The van der Waals surface area contributed by atoms with Crippen LogP contribution in [-0.2, 0) is 14.3 Å². The molecule has 82 heavy (non-hydrogen) atoms. The third kappa shape index (κ3) is 67.7. The van der Waals surface area contributed by atoms with Crippen molar-refractivity contribution in [2.75, 3.05) is 13.2 Å². The van der Waals surface area contributed by atoms with Crippen LogP contribution < -0.4 is 5.32 Å². The standard InChI is InChI=1S/C76H149NO5/c1-3-5-7-9-11-13-15-17-18-19-20-32-35-38-41-45-48-52-56-60-64-68-74(79)73(72-78)77-75(80)69-65-61-57-53-49-46-42-39-36-33-30-28-26-24-22-21-23-25-27-29-31-34-37-40-43-47-51-55-59-63-67-71-82-76(81)70-66-62-58-54-50-44-16-14-12-10-8-6-4-2/h14,16,73-74,78-79H,3-13,15,17-72H2,1-2H3,(H,77,80)/b16-14-. The number of carbonyl (C=O) groups excluding carboxylic acids is 2. The van der Waals surface area contributed by atoms with Gasteiger partial charge in [0.25, 0.3) is 0 Å². The minimum Gasteiger partial charge on any atom is -0.466 e. The summed E-state index contributed by atoms with van der Waals surface area (Å²) in [6.07, 6.45) is 90.0. The van der Waals surface area contributed by atoms with Crippen molar-refractivity contribution in [3.05, 3.63) is 12.2 Å². The van der Waals surface area contributed by atoms with Crippen molar-refractivity contribution in [3.8, 4) is 0 Å². The molecule has 6 nitrogen and oxygen atoms in total. The summed E-state index contributed by atoms with van der Waals surface area (Å²) in [5, 5.41) is 23.4. The lowest BCUT2D eigenvalue weighted by atomic mass is 10.0. The molecule has 2 unspecified atom stereocenters. The number of aliphatic hydroxyl groups excluding tert-OH is 2. The first-order valence-electron chi connectivity index (χ1n) is 37.9. The average molecular weight is 1160 g/mol. The van der Waals surface area contributed by atoms with Crippen molar-refractivity contribution in [1.29, 1.82) is 0 Å². The zero-order valence-electron chi connectivity index (χ0n) is 56.0. The maximum Gasteiger partial charge on any atom is 0.305 e. The number of amides is 1. The van der Waals surface area contributed by atoms with Crippen molar-refractivity contribution < 1.29 is 24.5 Å². The Morgan fingerprint density at radius 3 is 0.878 bits per heavy atom. The third-order valence-corrected chi connectivity index (χ3v) is 18.1. The molecule has 0 fully saturated rings. The highest BCUT2D eigenvalue weighted by Gasteiger charge is 2.20. The van der Waals surface area contributed by atoms with Crippen LogP contribution in [0.4, 0.5) is 0 Å². The van der Waals surface area contributed by atoms with Gasteiger partial charge in [0.2, 0.25) is 5.91 Å². The van der Waals surface area contributed by atoms with E-state index in [-0.39, 0.29) is 18.5 Å². The van der Waals surface area contributed by atoms with Crippen molar-refractivity contribution in [2.45, 2.75) is 450 Å². The number of allylic oxidation sites excluding steroid dienone is 2. The topological polar surface area (TPSA) is 95.9 Å². The van der Waals surface area contributed by atoms with Gasteiger partial charge in [0, 0.05) is 12.8 Å². The van der Waals surface area contributed by atoms with E-state index in [0.29, 0.717) is 25.9 Å². The van der Waals surface area contributed by atoms with Crippen molar-refractivity contribution in [1.82, 2.24) is 5.32 Å². The molecule has 0 spiro atoms. The lowest BCUT2D eigenvalue weighted by molar-refractivity contribution is -0.143. The summed E-state index contributed by atoms with van der Waals surface area (Å²) < 4.78 is 5.49. The molecule has 488 valence electrons. The molecule has 0 saturated heterocycles. The largest absolute Gasteiger partial charge is 0.466 e. The summed E-state index contributed by atoms with van der Waals surface area (Å²) in [6, 6.07) is -0.538. The van der Waals surface area contributed by atoms with Crippen LogP contribution in [0.2, 0.25) is 0 Å². The fourth-order valence-electron chi connectivity index (χ4n) is 12.3. The maximum atomic E-state index is 12.6. The molecule has 0 aliphatic carbocycles. The van der Waals surface area contributed by atoms with Crippen molar-refractivity contribution >= 4 is 11.9 Å². The van der Waals surface area contributed by atoms with Gasteiger partial charge in [-0.05, 0) is 51.4 Å². The summed E-state index contributed by atoms with van der Waals surface area (Å²) in [6.45, 7) is 4.99. The van der Waals surface area contributed by atoms with Crippen LogP contribution in [0.1, 0.15) is 438 Å². The number of rotatable bonds is 72. The first kappa shape index (κ1) is 80.6. The smallest absolute Gasteiger partial charge is 0.305 e. The lowest BCUT2D eigenvalue weighted by Crippen LogP contribution is -2.45. The molecule has 2 atom stereocenters. The van der Waals surface area contributed by atoms with E-state index in [4.69, 9.17) is 4.74 Å². The van der Waals surface area contributed by atoms with E-state index in [9.17, 15) is 19.8 Å². The highest BCUT2D eigenvalue weighted by Crippen LogP contribution is 2.20. The molecule has 0 aliphatic heterocycles. The normalized spacial score (nSPS) is 12.5. The summed E-state index contributed by atoms with van der Waals surface area (Å²) in [5.41, 5.74) is 0. The van der Waals surface area contributed by atoms with E-state index >= 15 is 0 Å². The Bertz CT molecular complexity index is 1240. The zero-order chi connectivity index (χ0) is 59.2. The second-order valence-electron chi connectivity index (χ2n) is 26.3. The van der Waals surface area contributed by atoms with E-state index in [1.54, 1.807) is 0 Å². The average Bonchev–Trinajstić information content (AvgIpc) is 3.48. The van der Waals surface area contributed by atoms with Gasteiger partial charge in [0.15, 0.2) is 0 Å². The predicted octanol–water partition coefficient (Wildman–Crippen LogP) is 24.7. The van der Waals surface area contributed by atoms with Crippen LogP contribution in [0.3, 0.4) is 0 Å². The molecule has 0 aromatic carbocycles. The van der Waals surface area contributed by atoms with Crippen LogP contribution in [0, 0.1) is 0 Å². The van der Waals surface area contributed by atoms with E-state index in [1.165, 1.54) is 360 Å². The van der Waals surface area contributed by atoms with E-state index in [0.717, 1.165) is 44.9 Å². The Morgan fingerprint density at radius 1 is 0.329 bits per heavy atom. The number of hydrogen-bond acceptors (Lipinski definition) is 5. The first-order valence-corrected chi connectivity index (χ1v) is 37.9. The Morgan fingerprint density at radius 2 is 0.573 bits per heavy atom. The van der Waals surface area contributed by atoms with Crippen molar-refractivity contribution in [3.63, 3.8) is 0 Å². The molecule has 0 rings (SSSR count). The highest BCUT2D eigenvalue weighted by atomic mass is 16.5. The number of hydrogen-bond donors (Lipinski definition) is 3. The molecule has 0 aromatic heterocycles. The minimum absolute atomic E-state index is 0.0125. The van der Waals surface area contributed by atoms with Crippen molar-refractivity contribution in [2.24, 2.45) is 0 Å². The fourth-order valence-corrected chi connectivity index (χ4v) is 12.3. The van der Waals surface area contributed by atoms with Crippen LogP contribution in [0.15, 0.2) is 12.2 Å². The first-order chi connectivity index (χ1) is 40.5. The fraction of sp³-hybridized carbons (Fsp3) is 0.947. The highest BCUT2D eigenvalue weighted by molar-refractivity contribution is 5.76. The van der Waals surface area contributed by atoms with Gasteiger partial charge >= 0.3 is 5.97 Å². The van der Waals surface area contributed by atoms with Crippen LogP contribution in [-0.4, -0.2) is 47.4 Å². The monoisotopic (exact) mass is 1160 g/mol. The number of ether oxygens (including phenoxy) is 1. The Hall–Kier alpha value is -1.40. The third-order valence-electron chi connectivity index (χ3n) is 18.1. The Kier molecular flexibility index (Phi) is 70.8. The number of carbonyl (C=O) groups is 2. The molecule has 0 saturated carbocycles. The maximum absolute atomic E-state index is 12.6. The Labute approximate surface area is 514 Å². The quantitative estimate of drug-likeness (QED) is 0.0320. The SMILES string of the molecule is CCCCCC/C=C\CCCCCCCC(=O)OCCCCCCCCCCCCCCCCCCCCCCCCCCCCCCCCCC(=O)NC(CO)C(O)CCCCCCCCCCCCCCCCCCCCCCC. The van der Waals surface area contributed by atoms with Gasteiger partial charge in [0.1, 0.15) is 0 Å². The summed E-state index contributed by atoms with van der Waals surface area (Å²) >= 11 is 0. The van der Waals surface area contributed by atoms with Gasteiger partial charge in [-0.3, -0.25) is 9.59 Å². The summed E-state index contributed by atoms with van der Waals surface area (Å²) in [5.74, 6) is -0.0129. The number of esters is 1. The number of aliphatic hydroxyl groups is 2. The number of unbranched alkanes of at least 4 members (excludes halogenated alkanes) is 59. The lowest BCUT2D eigenvalue weighted by Gasteiger charge is -2.22. The van der Waals surface area contributed by atoms with E-state index < -0.39 is 12.1 Å². The molecule has 1 amide bonds. The molecule has 3 N–H and O–H groups in total. The van der Waals surface area contributed by atoms with Gasteiger partial charge in [-0.1, -0.05) is 386 Å². The molecular formula is C76H149NO5. The second kappa shape index (κ2) is 72.1. The van der Waals surface area contributed by atoms with E-state index in [1.807, 2.05) is 0 Å². The Balaban J connectivity index is 3.33.